The van der Waals surface area contributed by atoms with E-state index in [1.54, 1.807) is 11.0 Å². The summed E-state index contributed by atoms with van der Waals surface area (Å²) in [5.41, 5.74) is 1.31. The second kappa shape index (κ2) is 8.61. The molecule has 2 N–H and O–H groups in total. The SMILES string of the molecule is CCCCc1nc(NCc2cc([N+](=O)[O-])cc(I)c2O)sc1-n1cncn1. The number of aromatic nitrogens is 4. The molecule has 27 heavy (non-hydrogen) atoms. The van der Waals surface area contributed by atoms with Gasteiger partial charge in [-0.3, -0.25) is 10.1 Å². The monoisotopic (exact) mass is 500 g/mol. The van der Waals surface area contributed by atoms with Gasteiger partial charge in [0.1, 0.15) is 23.4 Å². The van der Waals surface area contributed by atoms with Gasteiger partial charge < -0.3 is 10.4 Å². The number of rotatable bonds is 8. The van der Waals surface area contributed by atoms with Crippen molar-refractivity contribution < 1.29 is 10.0 Å². The first-order valence-electron chi connectivity index (χ1n) is 8.24. The van der Waals surface area contributed by atoms with Crippen molar-refractivity contribution in [2.75, 3.05) is 5.32 Å². The first-order valence-corrected chi connectivity index (χ1v) is 10.1. The Hall–Kier alpha value is -2.28. The summed E-state index contributed by atoms with van der Waals surface area (Å²) in [7, 11) is 0. The molecule has 1 aromatic carbocycles. The van der Waals surface area contributed by atoms with Crippen LogP contribution in [0.1, 0.15) is 31.0 Å². The predicted octanol–water partition coefficient (Wildman–Crippen LogP) is 3.90. The number of unbranched alkanes of at least 4 members (excludes halogenated alkanes) is 1. The third kappa shape index (κ3) is 4.53. The molecule has 3 rings (SSSR count). The van der Waals surface area contributed by atoms with Crippen molar-refractivity contribution >= 4 is 44.7 Å². The Labute approximate surface area is 172 Å². The minimum Gasteiger partial charge on any atom is -0.506 e. The maximum absolute atomic E-state index is 11.0. The Bertz CT molecular complexity index is 944. The van der Waals surface area contributed by atoms with Gasteiger partial charge in [-0.15, -0.1) is 0 Å². The van der Waals surface area contributed by atoms with Crippen molar-refractivity contribution in [3.8, 4) is 10.8 Å². The molecule has 0 saturated heterocycles. The maximum Gasteiger partial charge on any atom is 0.271 e. The zero-order valence-electron chi connectivity index (χ0n) is 14.4. The van der Waals surface area contributed by atoms with E-state index in [1.807, 2.05) is 22.6 Å². The van der Waals surface area contributed by atoms with Crippen LogP contribution in [0.5, 0.6) is 5.75 Å². The highest BCUT2D eigenvalue weighted by molar-refractivity contribution is 14.1. The van der Waals surface area contributed by atoms with E-state index < -0.39 is 4.92 Å². The molecule has 0 bridgehead atoms. The molecule has 0 unspecified atom stereocenters. The van der Waals surface area contributed by atoms with Crippen molar-refractivity contribution in [3.63, 3.8) is 0 Å². The van der Waals surface area contributed by atoms with Crippen LogP contribution in [0, 0.1) is 13.7 Å². The first-order chi connectivity index (χ1) is 13.0. The van der Waals surface area contributed by atoms with E-state index in [-0.39, 0.29) is 18.0 Å². The van der Waals surface area contributed by atoms with Crippen molar-refractivity contribution in [2.24, 2.45) is 0 Å². The number of nitro groups is 1. The number of aryl methyl sites for hydroxylation is 1. The summed E-state index contributed by atoms with van der Waals surface area (Å²) >= 11 is 3.31. The summed E-state index contributed by atoms with van der Waals surface area (Å²) in [6.07, 6.45) is 5.98. The number of anilines is 1. The van der Waals surface area contributed by atoms with Crippen LogP contribution < -0.4 is 5.32 Å². The number of thiazole rings is 1. The lowest BCUT2D eigenvalue weighted by atomic mass is 10.2. The van der Waals surface area contributed by atoms with E-state index in [2.05, 4.69) is 27.3 Å². The summed E-state index contributed by atoms with van der Waals surface area (Å²) in [6.45, 7) is 2.34. The minimum atomic E-state index is -0.472. The number of nitrogens with zero attached hydrogens (tertiary/aromatic N) is 5. The summed E-state index contributed by atoms with van der Waals surface area (Å²) in [4.78, 5) is 19.2. The molecule has 11 heteroatoms. The molecular weight excluding hydrogens is 483 g/mol. The Kier molecular flexibility index (Phi) is 6.21. The fraction of sp³-hybridized carbons (Fsp3) is 0.312. The van der Waals surface area contributed by atoms with E-state index in [0.717, 1.165) is 30.0 Å². The number of halogens is 1. The molecule has 0 aliphatic carbocycles. The first kappa shape index (κ1) is 19.5. The third-order valence-electron chi connectivity index (χ3n) is 3.84. The van der Waals surface area contributed by atoms with Crippen LogP contribution in [0.3, 0.4) is 0 Å². The molecule has 0 spiro atoms. The van der Waals surface area contributed by atoms with Crippen molar-refractivity contribution in [2.45, 2.75) is 32.7 Å². The molecule has 142 valence electrons. The smallest absolute Gasteiger partial charge is 0.271 e. The molecule has 2 aromatic heterocycles. The van der Waals surface area contributed by atoms with E-state index in [9.17, 15) is 15.2 Å². The van der Waals surface area contributed by atoms with E-state index in [0.29, 0.717) is 14.3 Å². The van der Waals surface area contributed by atoms with Gasteiger partial charge in [0.15, 0.2) is 5.13 Å². The van der Waals surface area contributed by atoms with E-state index >= 15 is 0 Å². The highest BCUT2D eigenvalue weighted by Crippen LogP contribution is 2.32. The molecule has 9 nitrogen and oxygen atoms in total. The molecule has 0 amide bonds. The van der Waals surface area contributed by atoms with Gasteiger partial charge in [0.05, 0.1) is 14.2 Å². The minimum absolute atomic E-state index is 0.0352. The lowest BCUT2D eigenvalue weighted by molar-refractivity contribution is -0.385. The standard InChI is InChI=1S/C16H17IN6O3S/c1-2-3-4-13-15(22-9-18-8-20-22)27-16(21-13)19-7-10-5-11(23(25)26)6-12(17)14(10)24/h5-6,8-9,24H,2-4,7H2,1H3,(H,19,21). The summed E-state index contributed by atoms with van der Waals surface area (Å²) < 4.78 is 2.12. The second-order valence-corrected chi connectivity index (χ2v) is 7.90. The van der Waals surface area contributed by atoms with Crippen LogP contribution in [0.15, 0.2) is 24.8 Å². The van der Waals surface area contributed by atoms with Gasteiger partial charge in [-0.25, -0.2) is 14.6 Å². The van der Waals surface area contributed by atoms with Crippen LogP contribution in [-0.2, 0) is 13.0 Å². The Morgan fingerprint density at radius 3 is 2.93 bits per heavy atom. The Morgan fingerprint density at radius 1 is 1.44 bits per heavy atom. The topological polar surface area (TPSA) is 119 Å². The largest absolute Gasteiger partial charge is 0.506 e. The average Bonchev–Trinajstić information content (AvgIpc) is 3.30. The lowest BCUT2D eigenvalue weighted by Crippen LogP contribution is -2.02. The number of phenolic OH excluding ortho intramolecular Hbond substituents is 1. The van der Waals surface area contributed by atoms with Gasteiger partial charge in [0.2, 0.25) is 0 Å². The number of non-ortho nitro benzene ring substituents is 1. The van der Waals surface area contributed by atoms with Crippen molar-refractivity contribution in [1.82, 2.24) is 19.7 Å². The molecule has 0 fully saturated rings. The maximum atomic E-state index is 11.0. The number of nitro benzene ring substituents is 1. The zero-order chi connectivity index (χ0) is 19.4. The average molecular weight is 500 g/mol. The summed E-state index contributed by atoms with van der Waals surface area (Å²) in [6, 6.07) is 2.71. The highest BCUT2D eigenvalue weighted by atomic mass is 127. The van der Waals surface area contributed by atoms with Crippen LogP contribution >= 0.6 is 33.9 Å². The predicted molar refractivity (Wildman–Crippen MR) is 110 cm³/mol. The van der Waals surface area contributed by atoms with E-state index in [1.165, 1.54) is 29.8 Å². The molecule has 0 atom stereocenters. The van der Waals surface area contributed by atoms with Crippen LogP contribution in [-0.4, -0.2) is 29.8 Å². The summed E-state index contributed by atoms with van der Waals surface area (Å²) in [5.74, 6) is 0.0352. The quantitative estimate of drug-likeness (QED) is 0.274. The van der Waals surface area contributed by atoms with Gasteiger partial charge in [-0.1, -0.05) is 24.7 Å². The molecule has 3 aromatic rings. The van der Waals surface area contributed by atoms with Crippen LogP contribution in [0.25, 0.3) is 5.00 Å². The number of hydrogen-bond acceptors (Lipinski definition) is 8. The van der Waals surface area contributed by atoms with Crippen LogP contribution in [0.2, 0.25) is 0 Å². The van der Waals surface area contributed by atoms with Crippen molar-refractivity contribution in [1.29, 1.82) is 0 Å². The van der Waals surface area contributed by atoms with Crippen LogP contribution in [0.4, 0.5) is 10.8 Å². The molecule has 0 saturated carbocycles. The van der Waals surface area contributed by atoms with Gasteiger partial charge in [-0.05, 0) is 35.4 Å². The fourth-order valence-corrected chi connectivity index (χ4v) is 4.07. The number of nitrogens with one attached hydrogen (secondary N) is 1. The molecule has 0 aliphatic heterocycles. The number of phenols is 1. The number of benzene rings is 1. The normalized spacial score (nSPS) is 10.9. The van der Waals surface area contributed by atoms with Gasteiger partial charge in [0.25, 0.3) is 5.69 Å². The summed E-state index contributed by atoms with van der Waals surface area (Å²) in [5, 5.41) is 30.1. The van der Waals surface area contributed by atoms with Gasteiger partial charge in [0, 0.05) is 24.2 Å². The van der Waals surface area contributed by atoms with Crippen molar-refractivity contribution in [3.05, 3.63) is 49.7 Å². The molecule has 0 aliphatic rings. The fourth-order valence-electron chi connectivity index (χ4n) is 2.47. The second-order valence-electron chi connectivity index (χ2n) is 5.76. The highest BCUT2D eigenvalue weighted by Gasteiger charge is 2.17. The van der Waals surface area contributed by atoms with E-state index in [4.69, 9.17) is 0 Å². The molecule has 0 radical (unpaired) electrons. The van der Waals surface area contributed by atoms with Gasteiger partial charge in [-0.2, -0.15) is 5.10 Å². The Morgan fingerprint density at radius 2 is 2.26 bits per heavy atom. The molecular formula is C16H17IN6O3S. The molecule has 2 heterocycles. The lowest BCUT2D eigenvalue weighted by Gasteiger charge is -2.07. The number of aromatic hydroxyl groups is 1. The zero-order valence-corrected chi connectivity index (χ0v) is 17.4. The third-order valence-corrected chi connectivity index (χ3v) is 5.71. The Balaban J connectivity index is 1.83. The number of hydrogen-bond donors (Lipinski definition) is 2. The van der Waals surface area contributed by atoms with Gasteiger partial charge >= 0.3 is 0 Å².